The van der Waals surface area contributed by atoms with E-state index in [1.165, 1.54) is 0 Å². The largest absolute Gasteiger partial charge is 0.342 e. The minimum atomic E-state index is -0.0509. The van der Waals surface area contributed by atoms with Gasteiger partial charge in [0.15, 0.2) is 0 Å². The number of carbonyl (C=O) groups excluding carboxylic acids is 1. The number of carbonyl (C=O) groups is 1. The lowest BCUT2D eigenvalue weighted by Gasteiger charge is -2.38. The van der Waals surface area contributed by atoms with Crippen LogP contribution >= 0.6 is 11.6 Å². The van der Waals surface area contributed by atoms with Gasteiger partial charge in [-0.3, -0.25) is 4.79 Å². The maximum Gasteiger partial charge on any atom is 0.230 e. The molecule has 1 unspecified atom stereocenters. The maximum atomic E-state index is 13.0. The summed E-state index contributed by atoms with van der Waals surface area (Å²) in [7, 11) is 2.00. The average Bonchev–Trinajstić information content (AvgIpc) is 2.69. The Kier molecular flexibility index (Phi) is 6.09. The van der Waals surface area contributed by atoms with Crippen LogP contribution in [0.1, 0.15) is 37.7 Å². The van der Waals surface area contributed by atoms with Gasteiger partial charge in [-0.25, -0.2) is 9.97 Å². The van der Waals surface area contributed by atoms with Gasteiger partial charge in [-0.2, -0.15) is 0 Å². The second kappa shape index (κ2) is 8.49. The SMILES string of the molecule is CCC(C(=O)N1CCC(N(C)c2ncc(Cl)cn2)CC1)c1ccccc1. The fourth-order valence-corrected chi connectivity index (χ4v) is 3.68. The van der Waals surface area contributed by atoms with E-state index in [-0.39, 0.29) is 11.8 Å². The Morgan fingerprint density at radius 1 is 1.23 bits per heavy atom. The molecule has 0 saturated carbocycles. The summed E-state index contributed by atoms with van der Waals surface area (Å²) in [6.07, 6.45) is 5.88. The van der Waals surface area contributed by atoms with Crippen molar-refractivity contribution in [2.24, 2.45) is 0 Å². The lowest BCUT2D eigenvalue weighted by Crippen LogP contribution is -2.47. The molecule has 0 aliphatic carbocycles. The number of halogens is 1. The van der Waals surface area contributed by atoms with Gasteiger partial charge < -0.3 is 9.80 Å². The molecule has 138 valence electrons. The van der Waals surface area contributed by atoms with E-state index in [4.69, 9.17) is 11.6 Å². The van der Waals surface area contributed by atoms with Crippen LogP contribution in [0.5, 0.6) is 0 Å². The Labute approximate surface area is 160 Å². The van der Waals surface area contributed by atoms with E-state index in [1.54, 1.807) is 12.4 Å². The van der Waals surface area contributed by atoms with Crippen LogP contribution in [0, 0.1) is 0 Å². The number of anilines is 1. The highest BCUT2D eigenvalue weighted by Crippen LogP contribution is 2.26. The molecule has 1 atom stereocenters. The number of amides is 1. The van der Waals surface area contributed by atoms with Crippen LogP contribution in [-0.4, -0.2) is 47.0 Å². The average molecular weight is 373 g/mol. The molecule has 3 rings (SSSR count). The van der Waals surface area contributed by atoms with Crippen LogP contribution in [0.3, 0.4) is 0 Å². The highest BCUT2D eigenvalue weighted by Gasteiger charge is 2.30. The first-order valence-corrected chi connectivity index (χ1v) is 9.52. The Balaban J connectivity index is 1.60. The summed E-state index contributed by atoms with van der Waals surface area (Å²) < 4.78 is 0. The predicted molar refractivity (Wildman–Crippen MR) is 105 cm³/mol. The number of hydrogen-bond donors (Lipinski definition) is 0. The molecule has 1 saturated heterocycles. The molecule has 6 heteroatoms. The topological polar surface area (TPSA) is 49.3 Å². The Hall–Kier alpha value is -2.14. The van der Waals surface area contributed by atoms with Crippen LogP contribution in [0.25, 0.3) is 0 Å². The number of piperidine rings is 1. The zero-order chi connectivity index (χ0) is 18.5. The van der Waals surface area contributed by atoms with E-state index in [0.717, 1.165) is 37.9 Å². The van der Waals surface area contributed by atoms with Gasteiger partial charge in [-0.1, -0.05) is 48.9 Å². The molecule has 1 aromatic carbocycles. The Bertz CT molecular complexity index is 714. The van der Waals surface area contributed by atoms with E-state index in [0.29, 0.717) is 17.0 Å². The van der Waals surface area contributed by atoms with Crippen LogP contribution in [0.4, 0.5) is 5.95 Å². The third-order valence-corrected chi connectivity index (χ3v) is 5.35. The molecule has 1 aromatic heterocycles. The van der Waals surface area contributed by atoms with Crippen molar-refractivity contribution in [3.05, 3.63) is 53.3 Å². The lowest BCUT2D eigenvalue weighted by molar-refractivity contribution is -0.134. The molecule has 1 aliphatic rings. The van der Waals surface area contributed by atoms with Crippen molar-refractivity contribution < 1.29 is 4.79 Å². The van der Waals surface area contributed by atoms with Gasteiger partial charge >= 0.3 is 0 Å². The monoisotopic (exact) mass is 372 g/mol. The molecule has 0 spiro atoms. The highest BCUT2D eigenvalue weighted by atomic mass is 35.5. The van der Waals surface area contributed by atoms with E-state index < -0.39 is 0 Å². The number of aromatic nitrogens is 2. The fourth-order valence-electron chi connectivity index (χ4n) is 3.58. The van der Waals surface area contributed by atoms with E-state index in [2.05, 4.69) is 21.8 Å². The standard InChI is InChI=1S/C20H25ClN4O/c1-3-18(15-7-5-4-6-8-15)19(26)25-11-9-17(10-12-25)24(2)20-22-13-16(21)14-23-20/h4-8,13-14,17-18H,3,9-12H2,1-2H3. The minimum absolute atomic E-state index is 0.0509. The molecule has 2 heterocycles. The molecule has 0 radical (unpaired) electrons. The molecule has 0 N–H and O–H groups in total. The first kappa shape index (κ1) is 18.6. The molecule has 2 aromatic rings. The van der Waals surface area contributed by atoms with Gasteiger partial charge in [-0.15, -0.1) is 0 Å². The van der Waals surface area contributed by atoms with Crippen LogP contribution in [0.15, 0.2) is 42.7 Å². The normalized spacial score (nSPS) is 16.3. The van der Waals surface area contributed by atoms with Crippen molar-refractivity contribution >= 4 is 23.5 Å². The van der Waals surface area contributed by atoms with Crippen LogP contribution in [-0.2, 0) is 4.79 Å². The van der Waals surface area contributed by atoms with Crippen molar-refractivity contribution in [2.75, 3.05) is 25.0 Å². The van der Waals surface area contributed by atoms with Crippen molar-refractivity contribution in [1.82, 2.24) is 14.9 Å². The molecule has 1 fully saturated rings. The number of likely N-dealkylation sites (tertiary alicyclic amines) is 1. The third-order valence-electron chi connectivity index (χ3n) is 5.15. The zero-order valence-corrected chi connectivity index (χ0v) is 16.1. The number of rotatable bonds is 5. The van der Waals surface area contributed by atoms with E-state index >= 15 is 0 Å². The molecule has 1 aliphatic heterocycles. The van der Waals surface area contributed by atoms with Crippen molar-refractivity contribution in [3.63, 3.8) is 0 Å². The summed E-state index contributed by atoms with van der Waals surface area (Å²) in [5.74, 6) is 0.863. The molecule has 0 bridgehead atoms. The van der Waals surface area contributed by atoms with Gasteiger partial charge in [0, 0.05) is 26.2 Å². The highest BCUT2D eigenvalue weighted by molar-refractivity contribution is 6.30. The number of benzene rings is 1. The van der Waals surface area contributed by atoms with Crippen LogP contribution in [0.2, 0.25) is 5.02 Å². The Morgan fingerprint density at radius 3 is 2.42 bits per heavy atom. The molecule has 1 amide bonds. The quantitative estimate of drug-likeness (QED) is 0.802. The second-order valence-electron chi connectivity index (χ2n) is 6.74. The van der Waals surface area contributed by atoms with Gasteiger partial charge in [0.05, 0.1) is 23.3 Å². The fraction of sp³-hybridized carbons (Fsp3) is 0.450. The summed E-state index contributed by atoms with van der Waals surface area (Å²) >= 11 is 5.86. The summed E-state index contributed by atoms with van der Waals surface area (Å²) in [6, 6.07) is 10.4. The predicted octanol–water partition coefficient (Wildman–Crippen LogP) is 3.75. The zero-order valence-electron chi connectivity index (χ0n) is 15.3. The first-order valence-electron chi connectivity index (χ1n) is 9.14. The van der Waals surface area contributed by atoms with E-state index in [1.807, 2.05) is 42.3 Å². The van der Waals surface area contributed by atoms with Crippen molar-refractivity contribution in [1.29, 1.82) is 0 Å². The molecule has 5 nitrogen and oxygen atoms in total. The maximum absolute atomic E-state index is 13.0. The van der Waals surface area contributed by atoms with Crippen molar-refractivity contribution in [3.8, 4) is 0 Å². The minimum Gasteiger partial charge on any atom is -0.342 e. The van der Waals surface area contributed by atoms with Gasteiger partial charge in [-0.05, 0) is 24.8 Å². The molecular weight excluding hydrogens is 348 g/mol. The molecular formula is C20H25ClN4O. The van der Waals surface area contributed by atoms with E-state index in [9.17, 15) is 4.79 Å². The summed E-state index contributed by atoms with van der Waals surface area (Å²) in [4.78, 5) is 25.7. The number of nitrogens with zero attached hydrogens (tertiary/aromatic N) is 4. The summed E-state index contributed by atoms with van der Waals surface area (Å²) in [6.45, 7) is 3.61. The molecule has 26 heavy (non-hydrogen) atoms. The lowest BCUT2D eigenvalue weighted by atomic mass is 9.93. The number of hydrogen-bond acceptors (Lipinski definition) is 4. The van der Waals surface area contributed by atoms with Gasteiger partial charge in [0.25, 0.3) is 0 Å². The van der Waals surface area contributed by atoms with Gasteiger partial charge in [0.2, 0.25) is 11.9 Å². The third kappa shape index (κ3) is 4.15. The second-order valence-corrected chi connectivity index (χ2v) is 7.18. The van der Waals surface area contributed by atoms with Crippen molar-refractivity contribution in [2.45, 2.75) is 38.1 Å². The first-order chi connectivity index (χ1) is 12.6. The summed E-state index contributed by atoms with van der Waals surface area (Å²) in [5.41, 5.74) is 1.11. The van der Waals surface area contributed by atoms with Gasteiger partial charge in [0.1, 0.15) is 0 Å². The summed E-state index contributed by atoms with van der Waals surface area (Å²) in [5, 5.41) is 0.536. The smallest absolute Gasteiger partial charge is 0.230 e. The van der Waals surface area contributed by atoms with Crippen LogP contribution < -0.4 is 4.90 Å². The Morgan fingerprint density at radius 2 is 1.85 bits per heavy atom.